The molecule has 1 N–H and O–H groups in total. The van der Waals surface area contributed by atoms with E-state index in [1.165, 1.54) is 0 Å². The fraction of sp³-hybridized carbons (Fsp3) is 0.500. The molecule has 0 saturated carbocycles. The molecule has 0 bridgehead atoms. The van der Waals surface area contributed by atoms with E-state index in [1.807, 2.05) is 17.7 Å². The lowest BCUT2D eigenvalue weighted by molar-refractivity contribution is 0.499. The quantitative estimate of drug-likeness (QED) is 0.874. The van der Waals surface area contributed by atoms with Crippen molar-refractivity contribution in [3.8, 4) is 0 Å². The van der Waals surface area contributed by atoms with Crippen LogP contribution in [0.4, 0.5) is 0 Å². The van der Waals surface area contributed by atoms with Crippen LogP contribution in [-0.2, 0) is 13.0 Å². The summed E-state index contributed by atoms with van der Waals surface area (Å²) in [5.41, 5.74) is 0.962. The summed E-state index contributed by atoms with van der Waals surface area (Å²) in [6, 6.07) is 1.98. The van der Waals surface area contributed by atoms with Crippen LogP contribution >= 0.6 is 11.6 Å². The van der Waals surface area contributed by atoms with E-state index in [2.05, 4.69) is 22.3 Å². The molecular formula is C12H17ClN4O. The summed E-state index contributed by atoms with van der Waals surface area (Å²) in [5.74, 6) is 0.945. The minimum Gasteiger partial charge on any atom is -0.453 e. The molecule has 98 valence electrons. The maximum Gasteiger partial charge on any atom is 0.197 e. The molecule has 1 unspecified atom stereocenters. The molecule has 2 rings (SSSR count). The first kappa shape index (κ1) is 13.1. The first-order chi connectivity index (χ1) is 8.76. The highest BCUT2D eigenvalue weighted by Gasteiger charge is 2.19. The smallest absolute Gasteiger partial charge is 0.197 e. The van der Waals surface area contributed by atoms with E-state index in [1.54, 1.807) is 12.6 Å². The molecule has 0 saturated heterocycles. The third-order valence-electron chi connectivity index (χ3n) is 2.85. The Bertz CT molecular complexity index is 494. The number of hydrogen-bond donors (Lipinski definition) is 1. The van der Waals surface area contributed by atoms with Gasteiger partial charge in [-0.3, -0.25) is 4.68 Å². The molecule has 0 aromatic carbocycles. The molecule has 2 aromatic heterocycles. The SMILES string of the molecule is CCNC(Cc1ncnn1CC)c1ccoc1Cl. The van der Waals surface area contributed by atoms with Crippen molar-refractivity contribution >= 4 is 11.6 Å². The minimum absolute atomic E-state index is 0.0933. The number of aromatic nitrogens is 3. The maximum absolute atomic E-state index is 6.03. The van der Waals surface area contributed by atoms with Crippen LogP contribution in [0.1, 0.15) is 31.3 Å². The van der Waals surface area contributed by atoms with E-state index in [9.17, 15) is 0 Å². The number of rotatable bonds is 6. The standard InChI is InChI=1S/C12H17ClN4O/c1-3-14-10(9-5-6-18-12(9)13)7-11-15-8-16-17(11)4-2/h5-6,8,10,14H,3-4,7H2,1-2H3. The monoisotopic (exact) mass is 268 g/mol. The van der Waals surface area contributed by atoms with Gasteiger partial charge in [-0.2, -0.15) is 5.10 Å². The Labute approximate surface area is 111 Å². The van der Waals surface area contributed by atoms with Crippen molar-refractivity contribution in [2.45, 2.75) is 32.9 Å². The molecular weight excluding hydrogens is 252 g/mol. The lowest BCUT2D eigenvalue weighted by atomic mass is 10.1. The predicted molar refractivity (Wildman–Crippen MR) is 69.5 cm³/mol. The summed E-state index contributed by atoms with van der Waals surface area (Å²) in [7, 11) is 0. The van der Waals surface area contributed by atoms with E-state index in [4.69, 9.17) is 16.0 Å². The van der Waals surface area contributed by atoms with Crippen LogP contribution < -0.4 is 5.32 Å². The van der Waals surface area contributed by atoms with E-state index in [0.717, 1.165) is 30.9 Å². The van der Waals surface area contributed by atoms with E-state index in [0.29, 0.717) is 5.22 Å². The van der Waals surface area contributed by atoms with Gasteiger partial charge in [0.25, 0.3) is 0 Å². The van der Waals surface area contributed by atoms with Crippen molar-refractivity contribution in [1.82, 2.24) is 20.1 Å². The number of furan rings is 1. The van der Waals surface area contributed by atoms with Gasteiger partial charge < -0.3 is 9.73 Å². The number of halogens is 1. The van der Waals surface area contributed by atoms with Crippen molar-refractivity contribution in [3.05, 3.63) is 35.3 Å². The van der Waals surface area contributed by atoms with Gasteiger partial charge in [-0.05, 0) is 31.1 Å². The van der Waals surface area contributed by atoms with Crippen molar-refractivity contribution in [3.63, 3.8) is 0 Å². The number of hydrogen-bond acceptors (Lipinski definition) is 4. The highest BCUT2D eigenvalue weighted by Crippen LogP contribution is 2.26. The molecule has 18 heavy (non-hydrogen) atoms. The Morgan fingerprint density at radius 2 is 2.33 bits per heavy atom. The van der Waals surface area contributed by atoms with Gasteiger partial charge in [-0.15, -0.1) is 0 Å². The Balaban J connectivity index is 2.19. The Hall–Kier alpha value is -1.33. The zero-order valence-corrected chi connectivity index (χ0v) is 11.3. The van der Waals surface area contributed by atoms with Crippen LogP contribution in [0.15, 0.2) is 23.1 Å². The number of nitrogens with one attached hydrogen (secondary N) is 1. The van der Waals surface area contributed by atoms with Gasteiger partial charge >= 0.3 is 0 Å². The van der Waals surface area contributed by atoms with E-state index >= 15 is 0 Å². The summed E-state index contributed by atoms with van der Waals surface area (Å²) in [5, 5.41) is 8.00. The summed E-state index contributed by atoms with van der Waals surface area (Å²) in [4.78, 5) is 4.29. The minimum atomic E-state index is 0.0933. The highest BCUT2D eigenvalue weighted by molar-refractivity contribution is 6.29. The first-order valence-corrected chi connectivity index (χ1v) is 6.47. The maximum atomic E-state index is 6.03. The van der Waals surface area contributed by atoms with Crippen LogP contribution in [0, 0.1) is 0 Å². The molecule has 0 fully saturated rings. The fourth-order valence-electron chi connectivity index (χ4n) is 1.99. The molecule has 0 aliphatic carbocycles. The Morgan fingerprint density at radius 1 is 1.50 bits per heavy atom. The van der Waals surface area contributed by atoms with Gasteiger partial charge in [0.05, 0.1) is 6.26 Å². The third kappa shape index (κ3) is 2.73. The van der Waals surface area contributed by atoms with Gasteiger partial charge in [-0.25, -0.2) is 4.98 Å². The van der Waals surface area contributed by atoms with Crippen LogP contribution in [0.25, 0.3) is 0 Å². The van der Waals surface area contributed by atoms with E-state index in [-0.39, 0.29) is 6.04 Å². The summed E-state index contributed by atoms with van der Waals surface area (Å²) >= 11 is 6.03. The second-order valence-corrected chi connectivity index (χ2v) is 4.30. The van der Waals surface area contributed by atoms with Crippen LogP contribution in [0.5, 0.6) is 0 Å². The van der Waals surface area contributed by atoms with Crippen LogP contribution in [-0.4, -0.2) is 21.3 Å². The zero-order chi connectivity index (χ0) is 13.0. The summed E-state index contributed by atoms with van der Waals surface area (Å²) in [6.45, 7) is 5.77. The molecule has 0 spiro atoms. The average Bonchev–Trinajstić information content (AvgIpc) is 2.97. The average molecular weight is 269 g/mol. The first-order valence-electron chi connectivity index (χ1n) is 6.09. The molecule has 2 aromatic rings. The fourth-order valence-corrected chi connectivity index (χ4v) is 2.23. The molecule has 5 nitrogen and oxygen atoms in total. The zero-order valence-electron chi connectivity index (χ0n) is 10.6. The molecule has 0 radical (unpaired) electrons. The second-order valence-electron chi connectivity index (χ2n) is 3.96. The number of nitrogens with zero attached hydrogens (tertiary/aromatic N) is 3. The van der Waals surface area contributed by atoms with Crippen molar-refractivity contribution in [2.75, 3.05) is 6.54 Å². The Kier molecular flexibility index (Phi) is 4.38. The van der Waals surface area contributed by atoms with Crippen LogP contribution in [0.3, 0.4) is 0 Å². The highest BCUT2D eigenvalue weighted by atomic mass is 35.5. The largest absolute Gasteiger partial charge is 0.453 e. The van der Waals surface area contributed by atoms with Crippen molar-refractivity contribution < 1.29 is 4.42 Å². The third-order valence-corrected chi connectivity index (χ3v) is 3.16. The Morgan fingerprint density at radius 3 is 2.94 bits per heavy atom. The normalized spacial score (nSPS) is 12.8. The summed E-state index contributed by atoms with van der Waals surface area (Å²) < 4.78 is 7.04. The van der Waals surface area contributed by atoms with Gasteiger partial charge in [0.15, 0.2) is 5.22 Å². The lowest BCUT2D eigenvalue weighted by Crippen LogP contribution is -2.24. The number of aryl methyl sites for hydroxylation is 1. The number of likely N-dealkylation sites (N-methyl/N-ethyl adjacent to an activating group) is 1. The topological polar surface area (TPSA) is 55.9 Å². The van der Waals surface area contributed by atoms with Gasteiger partial charge in [-0.1, -0.05) is 6.92 Å². The second kappa shape index (κ2) is 6.02. The molecule has 1 atom stereocenters. The van der Waals surface area contributed by atoms with E-state index < -0.39 is 0 Å². The lowest BCUT2D eigenvalue weighted by Gasteiger charge is -2.16. The molecule has 0 aliphatic heterocycles. The molecule has 6 heteroatoms. The van der Waals surface area contributed by atoms with Gasteiger partial charge in [0.2, 0.25) is 0 Å². The molecule has 0 amide bonds. The van der Waals surface area contributed by atoms with Crippen LogP contribution in [0.2, 0.25) is 5.22 Å². The molecule has 2 heterocycles. The van der Waals surface area contributed by atoms with Crippen molar-refractivity contribution in [2.24, 2.45) is 0 Å². The van der Waals surface area contributed by atoms with Gasteiger partial charge in [0.1, 0.15) is 12.2 Å². The molecule has 0 aliphatic rings. The van der Waals surface area contributed by atoms with Gasteiger partial charge in [0, 0.05) is 24.6 Å². The predicted octanol–water partition coefficient (Wildman–Crippen LogP) is 2.44. The van der Waals surface area contributed by atoms with Crippen molar-refractivity contribution in [1.29, 1.82) is 0 Å². The summed E-state index contributed by atoms with van der Waals surface area (Å²) in [6.07, 6.45) is 3.92.